The molecule has 13 heavy (non-hydrogen) atoms. The van der Waals surface area contributed by atoms with Gasteiger partial charge in [0.05, 0.1) is 23.5 Å². The maximum absolute atomic E-state index is 5.87. The first-order valence-electron chi connectivity index (χ1n) is 3.83. The first kappa shape index (κ1) is 8.72. The monoisotopic (exact) mass is 213 g/mol. The standard InChI is InChI=1S/C8H8ClN3S/c1-6-7(9)4-11-12(6)5-8-10-2-3-13-8/h2-4H,5H2,1H3. The summed E-state index contributed by atoms with van der Waals surface area (Å²) in [6.45, 7) is 2.65. The van der Waals surface area contributed by atoms with E-state index in [1.165, 1.54) is 0 Å². The molecule has 0 fully saturated rings. The number of halogens is 1. The van der Waals surface area contributed by atoms with Crippen LogP contribution in [0, 0.1) is 6.92 Å². The van der Waals surface area contributed by atoms with Crippen LogP contribution in [-0.2, 0) is 6.54 Å². The SMILES string of the molecule is Cc1c(Cl)cnn1Cc1nccs1. The highest BCUT2D eigenvalue weighted by molar-refractivity contribution is 7.09. The van der Waals surface area contributed by atoms with Crippen LogP contribution in [0.4, 0.5) is 0 Å². The second kappa shape index (κ2) is 3.47. The third kappa shape index (κ3) is 1.73. The molecule has 0 N–H and O–H groups in total. The molecule has 2 heterocycles. The fraction of sp³-hybridized carbons (Fsp3) is 0.250. The molecule has 0 spiro atoms. The molecule has 5 heteroatoms. The van der Waals surface area contributed by atoms with E-state index >= 15 is 0 Å². The number of hydrogen-bond donors (Lipinski definition) is 0. The largest absolute Gasteiger partial charge is 0.261 e. The highest BCUT2D eigenvalue weighted by Gasteiger charge is 2.05. The number of aromatic nitrogens is 3. The number of nitrogens with zero attached hydrogens (tertiary/aromatic N) is 3. The maximum atomic E-state index is 5.87. The Balaban J connectivity index is 2.24. The Bertz CT molecular complexity index is 393. The minimum atomic E-state index is 0.705. The van der Waals surface area contributed by atoms with Gasteiger partial charge < -0.3 is 0 Å². The highest BCUT2D eigenvalue weighted by atomic mass is 35.5. The molecular formula is C8H8ClN3S. The summed E-state index contributed by atoms with van der Waals surface area (Å²) >= 11 is 7.49. The van der Waals surface area contributed by atoms with Crippen LogP contribution in [0.1, 0.15) is 10.7 Å². The van der Waals surface area contributed by atoms with Gasteiger partial charge in [0.2, 0.25) is 0 Å². The van der Waals surface area contributed by atoms with Gasteiger partial charge in [-0.25, -0.2) is 4.98 Å². The quantitative estimate of drug-likeness (QED) is 0.767. The Kier molecular flexibility index (Phi) is 2.33. The van der Waals surface area contributed by atoms with Crippen LogP contribution in [0.15, 0.2) is 17.8 Å². The lowest BCUT2D eigenvalue weighted by atomic mass is 10.5. The molecule has 3 nitrogen and oxygen atoms in total. The Morgan fingerprint density at radius 1 is 1.62 bits per heavy atom. The molecule has 2 aromatic heterocycles. The van der Waals surface area contributed by atoms with E-state index in [2.05, 4.69) is 10.1 Å². The third-order valence-corrected chi connectivity index (χ3v) is 2.95. The molecule has 0 unspecified atom stereocenters. The van der Waals surface area contributed by atoms with Gasteiger partial charge in [0.15, 0.2) is 0 Å². The van der Waals surface area contributed by atoms with Gasteiger partial charge in [0.25, 0.3) is 0 Å². The van der Waals surface area contributed by atoms with Gasteiger partial charge in [-0.3, -0.25) is 4.68 Å². The fourth-order valence-electron chi connectivity index (χ4n) is 1.04. The molecule has 2 aromatic rings. The molecule has 0 radical (unpaired) electrons. The molecule has 0 bridgehead atoms. The summed E-state index contributed by atoms with van der Waals surface area (Å²) in [5.74, 6) is 0. The van der Waals surface area contributed by atoms with E-state index in [1.54, 1.807) is 23.7 Å². The average Bonchev–Trinajstić information content (AvgIpc) is 2.71. The van der Waals surface area contributed by atoms with Crippen molar-refractivity contribution in [3.8, 4) is 0 Å². The predicted octanol–water partition coefficient (Wildman–Crippen LogP) is 2.35. The molecule has 0 aliphatic rings. The van der Waals surface area contributed by atoms with E-state index in [4.69, 9.17) is 11.6 Å². The van der Waals surface area contributed by atoms with E-state index < -0.39 is 0 Å². The minimum Gasteiger partial charge on any atom is -0.261 e. The molecule has 68 valence electrons. The van der Waals surface area contributed by atoms with Crippen molar-refractivity contribution >= 4 is 22.9 Å². The van der Waals surface area contributed by atoms with Gasteiger partial charge in [-0.1, -0.05) is 11.6 Å². The first-order chi connectivity index (χ1) is 6.27. The third-order valence-electron chi connectivity index (χ3n) is 1.81. The average molecular weight is 214 g/mol. The zero-order chi connectivity index (χ0) is 9.26. The number of hydrogen-bond acceptors (Lipinski definition) is 3. The van der Waals surface area contributed by atoms with Crippen LogP contribution in [0.2, 0.25) is 5.02 Å². The smallest absolute Gasteiger partial charge is 0.114 e. The molecule has 0 saturated carbocycles. The second-order valence-electron chi connectivity index (χ2n) is 2.66. The van der Waals surface area contributed by atoms with E-state index in [0.29, 0.717) is 11.6 Å². The van der Waals surface area contributed by atoms with Crippen LogP contribution >= 0.6 is 22.9 Å². The summed E-state index contributed by atoms with van der Waals surface area (Å²) in [6, 6.07) is 0. The molecular weight excluding hydrogens is 206 g/mol. The van der Waals surface area contributed by atoms with Gasteiger partial charge in [0, 0.05) is 11.6 Å². The summed E-state index contributed by atoms with van der Waals surface area (Å²) in [6.07, 6.45) is 3.45. The van der Waals surface area contributed by atoms with E-state index in [-0.39, 0.29) is 0 Å². The second-order valence-corrected chi connectivity index (χ2v) is 4.05. The van der Waals surface area contributed by atoms with Crippen LogP contribution in [-0.4, -0.2) is 14.8 Å². The highest BCUT2D eigenvalue weighted by Crippen LogP contribution is 2.15. The van der Waals surface area contributed by atoms with Gasteiger partial charge >= 0.3 is 0 Å². The molecule has 0 aliphatic heterocycles. The topological polar surface area (TPSA) is 30.7 Å². The lowest BCUT2D eigenvalue weighted by Gasteiger charge is -2.00. The lowest BCUT2D eigenvalue weighted by Crippen LogP contribution is -2.02. The Hall–Kier alpha value is -0.870. The normalized spacial score (nSPS) is 10.6. The van der Waals surface area contributed by atoms with Crippen LogP contribution in [0.3, 0.4) is 0 Å². The van der Waals surface area contributed by atoms with Gasteiger partial charge in [-0.2, -0.15) is 5.10 Å². The lowest BCUT2D eigenvalue weighted by molar-refractivity contribution is 0.662. The Labute approximate surface area is 85.0 Å². The van der Waals surface area contributed by atoms with Crippen molar-refractivity contribution in [2.45, 2.75) is 13.5 Å². The van der Waals surface area contributed by atoms with Gasteiger partial charge in [-0.15, -0.1) is 11.3 Å². The van der Waals surface area contributed by atoms with Crippen molar-refractivity contribution in [3.05, 3.63) is 33.5 Å². The molecule has 0 atom stereocenters. The maximum Gasteiger partial charge on any atom is 0.114 e. The summed E-state index contributed by atoms with van der Waals surface area (Å²) in [7, 11) is 0. The zero-order valence-corrected chi connectivity index (χ0v) is 8.64. The molecule has 0 aliphatic carbocycles. The van der Waals surface area contributed by atoms with Crippen molar-refractivity contribution < 1.29 is 0 Å². The summed E-state index contributed by atoms with van der Waals surface area (Å²) in [5.41, 5.74) is 0.983. The minimum absolute atomic E-state index is 0.705. The van der Waals surface area contributed by atoms with E-state index in [9.17, 15) is 0 Å². The summed E-state index contributed by atoms with van der Waals surface area (Å²) in [5, 5.41) is 7.85. The number of thiazole rings is 1. The van der Waals surface area contributed by atoms with Crippen molar-refractivity contribution in [1.82, 2.24) is 14.8 Å². The Morgan fingerprint density at radius 2 is 2.46 bits per heavy atom. The first-order valence-corrected chi connectivity index (χ1v) is 5.09. The summed E-state index contributed by atoms with van der Waals surface area (Å²) in [4.78, 5) is 4.18. The van der Waals surface area contributed by atoms with E-state index in [0.717, 1.165) is 10.7 Å². The van der Waals surface area contributed by atoms with Crippen molar-refractivity contribution in [2.75, 3.05) is 0 Å². The van der Waals surface area contributed by atoms with Gasteiger partial charge in [-0.05, 0) is 6.92 Å². The zero-order valence-electron chi connectivity index (χ0n) is 7.07. The predicted molar refractivity (Wildman–Crippen MR) is 53.2 cm³/mol. The van der Waals surface area contributed by atoms with Crippen molar-refractivity contribution in [1.29, 1.82) is 0 Å². The fourth-order valence-corrected chi connectivity index (χ4v) is 1.78. The molecule has 0 amide bonds. The van der Waals surface area contributed by atoms with E-state index in [1.807, 2.05) is 17.0 Å². The van der Waals surface area contributed by atoms with Gasteiger partial charge in [0.1, 0.15) is 5.01 Å². The van der Waals surface area contributed by atoms with Crippen LogP contribution in [0.5, 0.6) is 0 Å². The molecule has 0 saturated heterocycles. The Morgan fingerprint density at radius 3 is 3.00 bits per heavy atom. The summed E-state index contributed by atoms with van der Waals surface area (Å²) < 4.78 is 1.85. The van der Waals surface area contributed by atoms with Crippen LogP contribution < -0.4 is 0 Å². The molecule has 0 aromatic carbocycles. The number of rotatable bonds is 2. The van der Waals surface area contributed by atoms with Crippen molar-refractivity contribution in [3.63, 3.8) is 0 Å². The van der Waals surface area contributed by atoms with Crippen molar-refractivity contribution in [2.24, 2.45) is 0 Å². The van der Waals surface area contributed by atoms with Crippen LogP contribution in [0.25, 0.3) is 0 Å². The molecule has 2 rings (SSSR count).